The molecule has 8 heteroatoms. The summed E-state index contributed by atoms with van der Waals surface area (Å²) in [5, 5.41) is -0.686. The number of carbonyl (C=O) groups excluding carboxylic acids is 2. The molecule has 2 aliphatic rings. The third-order valence-corrected chi connectivity index (χ3v) is 6.37. The molecule has 0 unspecified atom stereocenters. The molecule has 2 aromatic rings. The number of hydrogen-bond donors (Lipinski definition) is 1. The van der Waals surface area contributed by atoms with Gasteiger partial charge in [0, 0.05) is 46.2 Å². The van der Waals surface area contributed by atoms with E-state index in [0.717, 1.165) is 24.0 Å². The largest absolute Gasteiger partial charge is 0.441 e. The van der Waals surface area contributed by atoms with Crippen LogP contribution in [0.25, 0.3) is 11.3 Å². The Morgan fingerprint density at radius 1 is 1.11 bits per heavy atom. The van der Waals surface area contributed by atoms with Crippen molar-refractivity contribution in [3.8, 4) is 11.3 Å². The van der Waals surface area contributed by atoms with E-state index in [9.17, 15) is 22.6 Å². The molecule has 4 rings (SSSR count). The minimum Gasteiger partial charge on any atom is -0.441 e. The summed E-state index contributed by atoms with van der Waals surface area (Å²) < 4.78 is 37.9. The molecule has 0 aliphatic heterocycles. The second-order valence-corrected chi connectivity index (χ2v) is 8.92. The summed E-state index contributed by atoms with van der Waals surface area (Å²) in [4.78, 5) is 25.6. The molecule has 0 saturated heterocycles. The summed E-state index contributed by atoms with van der Waals surface area (Å²) in [5.74, 6) is -1.39. The van der Waals surface area contributed by atoms with Crippen LogP contribution in [0.1, 0.15) is 64.1 Å². The fourth-order valence-corrected chi connectivity index (χ4v) is 4.94. The van der Waals surface area contributed by atoms with Crippen molar-refractivity contribution in [1.29, 1.82) is 0 Å². The van der Waals surface area contributed by atoms with Crippen molar-refractivity contribution < 1.29 is 27.0 Å². The van der Waals surface area contributed by atoms with Gasteiger partial charge in [-0.05, 0) is 42.7 Å². The summed E-state index contributed by atoms with van der Waals surface area (Å²) in [6.07, 6.45) is 2.57. The molecule has 0 amide bonds. The van der Waals surface area contributed by atoms with E-state index in [1.54, 1.807) is 6.07 Å². The summed E-state index contributed by atoms with van der Waals surface area (Å²) >= 11 is 0. The minimum absolute atomic E-state index is 0. The Morgan fingerprint density at radius 2 is 1.74 bits per heavy atom. The number of ketones is 2. The van der Waals surface area contributed by atoms with Crippen molar-refractivity contribution in [2.45, 2.75) is 50.5 Å². The molecular formula is C19H18NaO6S. The zero-order valence-corrected chi connectivity index (χ0v) is 18.5. The van der Waals surface area contributed by atoms with E-state index in [1.165, 1.54) is 6.92 Å². The molecular weight excluding hydrogens is 379 g/mol. The van der Waals surface area contributed by atoms with E-state index in [4.69, 9.17) is 4.42 Å². The van der Waals surface area contributed by atoms with Gasteiger partial charge in [0.15, 0.2) is 0 Å². The molecule has 0 spiro atoms. The van der Waals surface area contributed by atoms with Crippen molar-refractivity contribution in [3.63, 3.8) is 0 Å². The van der Waals surface area contributed by atoms with Crippen LogP contribution in [0.3, 0.4) is 0 Å². The van der Waals surface area contributed by atoms with Crippen LogP contribution in [0.2, 0.25) is 0 Å². The zero-order valence-electron chi connectivity index (χ0n) is 15.7. The Kier molecular flexibility index (Phi) is 4.85. The van der Waals surface area contributed by atoms with Gasteiger partial charge in [0.25, 0.3) is 0 Å². The van der Waals surface area contributed by atoms with Crippen LogP contribution in [-0.2, 0) is 22.0 Å². The van der Waals surface area contributed by atoms with E-state index >= 15 is 0 Å². The van der Waals surface area contributed by atoms with E-state index in [0.29, 0.717) is 17.5 Å². The van der Waals surface area contributed by atoms with Crippen molar-refractivity contribution in [3.05, 3.63) is 39.9 Å². The average molecular weight is 397 g/mol. The number of hydrogen-bond acceptors (Lipinski definition) is 5. The molecule has 0 atom stereocenters. The van der Waals surface area contributed by atoms with Crippen LogP contribution < -0.4 is 0 Å². The van der Waals surface area contributed by atoms with Crippen LogP contribution in [0, 0.1) is 6.92 Å². The van der Waals surface area contributed by atoms with E-state index in [-0.39, 0.29) is 51.9 Å². The second-order valence-electron chi connectivity index (χ2n) is 7.60. The predicted molar refractivity (Wildman–Crippen MR) is 99.1 cm³/mol. The first-order valence-corrected chi connectivity index (χ1v) is 9.84. The van der Waals surface area contributed by atoms with Gasteiger partial charge in [0.1, 0.15) is 5.76 Å². The number of rotatable bonds is 1. The van der Waals surface area contributed by atoms with Crippen molar-refractivity contribution in [2.75, 3.05) is 0 Å². The Hall–Kier alpha value is -1.25. The maximum Gasteiger partial charge on any atom is 0.328 e. The monoisotopic (exact) mass is 397 g/mol. The van der Waals surface area contributed by atoms with Gasteiger partial charge in [-0.25, -0.2) is 0 Å². The van der Waals surface area contributed by atoms with Gasteiger partial charge in [0.05, 0.1) is 5.56 Å². The van der Waals surface area contributed by atoms with Gasteiger partial charge in [-0.3, -0.25) is 14.1 Å². The zero-order chi connectivity index (χ0) is 19.0. The molecule has 137 valence electrons. The Balaban J connectivity index is 0.00000210. The number of benzene rings is 1. The van der Waals surface area contributed by atoms with Crippen LogP contribution in [0.5, 0.6) is 0 Å². The number of carbonyl (C=O) groups is 2. The van der Waals surface area contributed by atoms with Crippen molar-refractivity contribution >= 4 is 51.2 Å². The number of fused-ring (bicyclic) bond motifs is 5. The molecule has 2 aliphatic carbocycles. The van der Waals surface area contributed by atoms with Gasteiger partial charge in [-0.1, -0.05) is 26.0 Å². The van der Waals surface area contributed by atoms with Gasteiger partial charge >= 0.3 is 10.1 Å². The van der Waals surface area contributed by atoms with E-state index in [1.807, 2.05) is 6.07 Å². The first-order valence-electron chi connectivity index (χ1n) is 8.40. The summed E-state index contributed by atoms with van der Waals surface area (Å²) in [7, 11) is -4.64. The molecule has 1 aromatic carbocycles. The second kappa shape index (κ2) is 6.39. The van der Waals surface area contributed by atoms with Crippen LogP contribution in [0.15, 0.2) is 21.6 Å². The molecule has 27 heavy (non-hydrogen) atoms. The van der Waals surface area contributed by atoms with Gasteiger partial charge in [-0.2, -0.15) is 8.42 Å². The molecule has 0 saturated carbocycles. The fourth-order valence-electron chi connectivity index (χ4n) is 4.26. The Labute approximate surface area is 179 Å². The molecule has 1 radical (unpaired) electrons. The van der Waals surface area contributed by atoms with Crippen LogP contribution in [-0.4, -0.2) is 54.1 Å². The smallest absolute Gasteiger partial charge is 0.328 e. The maximum atomic E-state index is 12.9. The van der Waals surface area contributed by atoms with Gasteiger partial charge < -0.3 is 4.42 Å². The summed E-state index contributed by atoms with van der Waals surface area (Å²) in [6.45, 7) is 5.56. The van der Waals surface area contributed by atoms with E-state index in [2.05, 4.69) is 13.8 Å². The SMILES string of the molecule is Cc1c(S(=O)(=O)O)oc2c1C(=O)C(=O)c1c-2ccc2c1CCCC2(C)C.[Na]. The average Bonchev–Trinajstić information content (AvgIpc) is 2.89. The van der Waals surface area contributed by atoms with Crippen molar-refractivity contribution in [2.24, 2.45) is 0 Å². The molecule has 1 N–H and O–H groups in total. The molecule has 1 heterocycles. The molecule has 6 nitrogen and oxygen atoms in total. The third kappa shape index (κ3) is 2.87. The first kappa shape index (κ1) is 20.5. The van der Waals surface area contributed by atoms with Gasteiger partial charge in [0.2, 0.25) is 16.7 Å². The van der Waals surface area contributed by atoms with Crippen LogP contribution >= 0.6 is 0 Å². The standard InChI is InChI=1S/C19H18O6S.Na/c1-9-13-15(20)16(21)14-10-5-4-8-19(2,3)12(10)7-6-11(14)17(13)25-18(9)26(22,23)24;/h6-7H,4-5,8H2,1-3H3,(H,22,23,24);. The van der Waals surface area contributed by atoms with Gasteiger partial charge in [-0.15, -0.1) is 0 Å². The quantitative estimate of drug-likeness (QED) is 0.451. The number of furan rings is 1. The first-order chi connectivity index (χ1) is 12.0. The normalized spacial score (nSPS) is 17.6. The molecule has 0 bridgehead atoms. The predicted octanol–water partition coefficient (Wildman–Crippen LogP) is 3.11. The fraction of sp³-hybridized carbons (Fsp3) is 0.368. The van der Waals surface area contributed by atoms with Crippen LogP contribution in [0.4, 0.5) is 0 Å². The number of Topliss-reactive ketones (excluding diaryl/α,β-unsaturated/α-hetero) is 2. The summed E-state index contributed by atoms with van der Waals surface area (Å²) in [5.41, 5.74) is 2.37. The Morgan fingerprint density at radius 3 is 2.37 bits per heavy atom. The topological polar surface area (TPSA) is 102 Å². The maximum absolute atomic E-state index is 12.9. The van der Waals surface area contributed by atoms with Crippen molar-refractivity contribution in [1.82, 2.24) is 0 Å². The molecule has 0 fully saturated rings. The molecule has 1 aromatic heterocycles. The third-order valence-electron chi connectivity index (χ3n) is 5.51. The minimum atomic E-state index is -4.64. The summed E-state index contributed by atoms with van der Waals surface area (Å²) in [6, 6.07) is 3.63. The van der Waals surface area contributed by atoms with E-state index < -0.39 is 26.8 Å². The Bertz CT molecular complexity index is 1110.